The second-order valence-electron chi connectivity index (χ2n) is 4.71. The van der Waals surface area contributed by atoms with Crippen molar-refractivity contribution in [3.8, 4) is 0 Å². The van der Waals surface area contributed by atoms with E-state index in [0.717, 1.165) is 31.2 Å². The molecule has 3 nitrogen and oxygen atoms in total. The number of nitrogens with two attached hydrogens (primary N) is 1. The molecule has 0 spiro atoms. The summed E-state index contributed by atoms with van der Waals surface area (Å²) in [6, 6.07) is 8.60. The highest BCUT2D eigenvalue weighted by molar-refractivity contribution is 6.31. The van der Waals surface area contributed by atoms with Crippen molar-refractivity contribution in [2.75, 3.05) is 26.2 Å². The Labute approximate surface area is 132 Å². The van der Waals surface area contributed by atoms with E-state index < -0.39 is 0 Å². The first-order chi connectivity index (χ1) is 8.18. The Bertz CT molecular complexity index is 374. The molecule has 1 aliphatic rings. The van der Waals surface area contributed by atoms with Crippen molar-refractivity contribution >= 4 is 36.4 Å². The van der Waals surface area contributed by atoms with Crippen LogP contribution in [-0.4, -0.2) is 37.1 Å². The van der Waals surface area contributed by atoms with E-state index >= 15 is 0 Å². The highest BCUT2D eigenvalue weighted by Crippen LogP contribution is 2.28. The lowest BCUT2D eigenvalue weighted by Crippen LogP contribution is -2.49. The molecule has 1 aliphatic heterocycles. The van der Waals surface area contributed by atoms with Gasteiger partial charge in [-0.25, -0.2) is 0 Å². The van der Waals surface area contributed by atoms with Gasteiger partial charge < -0.3 is 11.1 Å². The highest BCUT2D eigenvalue weighted by atomic mass is 35.5. The lowest BCUT2D eigenvalue weighted by Gasteiger charge is -2.37. The van der Waals surface area contributed by atoms with Crippen LogP contribution >= 0.6 is 36.4 Å². The number of halogens is 3. The molecule has 0 bridgehead atoms. The molecule has 0 radical (unpaired) electrons. The number of nitrogens with zero attached hydrogens (tertiary/aromatic N) is 1. The first-order valence-electron chi connectivity index (χ1n) is 6.13. The summed E-state index contributed by atoms with van der Waals surface area (Å²) in [6.07, 6.45) is 0. The van der Waals surface area contributed by atoms with Crippen LogP contribution in [0.3, 0.4) is 0 Å². The molecule has 0 aliphatic carbocycles. The first-order valence-corrected chi connectivity index (χ1v) is 6.51. The number of piperazine rings is 1. The number of rotatable bonds is 3. The van der Waals surface area contributed by atoms with Gasteiger partial charge >= 0.3 is 0 Å². The van der Waals surface area contributed by atoms with Crippen LogP contribution in [0.4, 0.5) is 0 Å². The average molecular weight is 327 g/mol. The summed E-state index contributed by atoms with van der Waals surface area (Å²) in [5, 5.41) is 4.27. The van der Waals surface area contributed by atoms with E-state index in [1.165, 1.54) is 5.56 Å². The molecular weight excluding hydrogens is 305 g/mol. The van der Waals surface area contributed by atoms with Gasteiger partial charge in [0.15, 0.2) is 0 Å². The fourth-order valence-corrected chi connectivity index (χ4v) is 2.65. The third-order valence-electron chi connectivity index (χ3n) is 3.14. The van der Waals surface area contributed by atoms with E-state index in [0.29, 0.717) is 6.04 Å². The SMILES string of the molecule is CC(N)CN1CCNCC1c1ccccc1Cl.Cl.Cl. The lowest BCUT2D eigenvalue weighted by molar-refractivity contribution is 0.155. The first kappa shape index (κ1) is 19.0. The summed E-state index contributed by atoms with van der Waals surface area (Å²) in [5.74, 6) is 0. The van der Waals surface area contributed by atoms with Gasteiger partial charge in [-0.2, -0.15) is 0 Å². The Morgan fingerprint density at radius 1 is 1.42 bits per heavy atom. The molecule has 6 heteroatoms. The van der Waals surface area contributed by atoms with Gasteiger partial charge in [0.25, 0.3) is 0 Å². The maximum absolute atomic E-state index is 6.27. The zero-order chi connectivity index (χ0) is 12.3. The zero-order valence-electron chi connectivity index (χ0n) is 11.0. The van der Waals surface area contributed by atoms with Crippen molar-refractivity contribution in [3.63, 3.8) is 0 Å². The van der Waals surface area contributed by atoms with Crippen molar-refractivity contribution in [2.24, 2.45) is 5.73 Å². The number of hydrogen-bond donors (Lipinski definition) is 2. The highest BCUT2D eigenvalue weighted by Gasteiger charge is 2.25. The maximum Gasteiger partial charge on any atom is 0.0488 e. The zero-order valence-corrected chi connectivity index (χ0v) is 13.4. The van der Waals surface area contributed by atoms with Gasteiger partial charge in [0.2, 0.25) is 0 Å². The van der Waals surface area contributed by atoms with E-state index in [-0.39, 0.29) is 30.9 Å². The topological polar surface area (TPSA) is 41.3 Å². The van der Waals surface area contributed by atoms with Crippen molar-refractivity contribution < 1.29 is 0 Å². The summed E-state index contributed by atoms with van der Waals surface area (Å²) >= 11 is 6.27. The Kier molecular flexibility index (Phi) is 8.99. The molecule has 2 atom stereocenters. The monoisotopic (exact) mass is 325 g/mol. The normalized spacial score (nSPS) is 21.1. The Balaban J connectivity index is 0.00000162. The fourth-order valence-electron chi connectivity index (χ4n) is 2.39. The molecule has 1 saturated heterocycles. The molecule has 3 N–H and O–H groups in total. The summed E-state index contributed by atoms with van der Waals surface area (Å²) in [7, 11) is 0. The van der Waals surface area contributed by atoms with Gasteiger partial charge in [0.1, 0.15) is 0 Å². The van der Waals surface area contributed by atoms with Crippen molar-refractivity contribution in [3.05, 3.63) is 34.9 Å². The quantitative estimate of drug-likeness (QED) is 0.896. The maximum atomic E-state index is 6.27. The standard InChI is InChI=1S/C13H20ClN3.2ClH/c1-10(15)9-17-7-6-16-8-13(17)11-4-2-3-5-12(11)14;;/h2-5,10,13,16H,6-9,15H2,1H3;2*1H. The summed E-state index contributed by atoms with van der Waals surface area (Å²) in [4.78, 5) is 2.42. The molecule has 110 valence electrons. The van der Waals surface area contributed by atoms with Gasteiger partial charge in [0, 0.05) is 43.3 Å². The fraction of sp³-hybridized carbons (Fsp3) is 0.538. The van der Waals surface area contributed by atoms with Crippen molar-refractivity contribution in [1.29, 1.82) is 0 Å². The third kappa shape index (κ3) is 5.10. The summed E-state index contributed by atoms with van der Waals surface area (Å²) in [5.41, 5.74) is 7.10. The molecule has 2 rings (SSSR count). The molecule has 0 amide bonds. The largest absolute Gasteiger partial charge is 0.327 e. The molecule has 0 saturated carbocycles. The Hall–Kier alpha value is -0.0300. The van der Waals surface area contributed by atoms with Crippen LogP contribution in [0, 0.1) is 0 Å². The van der Waals surface area contributed by atoms with E-state index in [9.17, 15) is 0 Å². The van der Waals surface area contributed by atoms with Crippen molar-refractivity contribution in [2.45, 2.75) is 19.0 Å². The van der Waals surface area contributed by atoms with E-state index in [2.05, 4.69) is 16.3 Å². The van der Waals surface area contributed by atoms with Gasteiger partial charge in [-0.05, 0) is 18.6 Å². The molecule has 1 heterocycles. The van der Waals surface area contributed by atoms with Gasteiger partial charge in [0.05, 0.1) is 0 Å². The minimum Gasteiger partial charge on any atom is -0.327 e. The number of hydrogen-bond acceptors (Lipinski definition) is 3. The average Bonchev–Trinajstić information content (AvgIpc) is 2.30. The molecule has 1 fully saturated rings. The van der Waals surface area contributed by atoms with Crippen LogP contribution in [0.2, 0.25) is 5.02 Å². The summed E-state index contributed by atoms with van der Waals surface area (Å²) < 4.78 is 0. The van der Waals surface area contributed by atoms with Crippen LogP contribution in [0.15, 0.2) is 24.3 Å². The van der Waals surface area contributed by atoms with Crippen LogP contribution in [-0.2, 0) is 0 Å². The van der Waals surface area contributed by atoms with E-state index in [1.807, 2.05) is 25.1 Å². The van der Waals surface area contributed by atoms with Gasteiger partial charge in [-0.3, -0.25) is 4.90 Å². The molecule has 2 unspecified atom stereocenters. The summed E-state index contributed by atoms with van der Waals surface area (Å²) in [6.45, 7) is 5.95. The van der Waals surface area contributed by atoms with Crippen molar-refractivity contribution in [1.82, 2.24) is 10.2 Å². The minimum absolute atomic E-state index is 0. The molecule has 0 aromatic heterocycles. The Morgan fingerprint density at radius 2 is 2.11 bits per heavy atom. The molecule has 1 aromatic carbocycles. The van der Waals surface area contributed by atoms with Crippen LogP contribution in [0.25, 0.3) is 0 Å². The molecule has 19 heavy (non-hydrogen) atoms. The van der Waals surface area contributed by atoms with E-state index in [4.69, 9.17) is 17.3 Å². The minimum atomic E-state index is 0. The third-order valence-corrected chi connectivity index (χ3v) is 3.49. The smallest absolute Gasteiger partial charge is 0.0488 e. The van der Waals surface area contributed by atoms with Crippen LogP contribution in [0.5, 0.6) is 0 Å². The predicted molar refractivity (Wildman–Crippen MR) is 86.8 cm³/mol. The van der Waals surface area contributed by atoms with E-state index in [1.54, 1.807) is 0 Å². The number of benzene rings is 1. The molecule has 1 aromatic rings. The number of nitrogens with one attached hydrogen (secondary N) is 1. The van der Waals surface area contributed by atoms with Crippen LogP contribution < -0.4 is 11.1 Å². The second-order valence-corrected chi connectivity index (χ2v) is 5.12. The second kappa shape index (κ2) is 9.01. The predicted octanol–water partition coefficient (Wildman–Crippen LogP) is 2.48. The molecular formula is C13H22Cl3N3. The van der Waals surface area contributed by atoms with Crippen LogP contribution in [0.1, 0.15) is 18.5 Å². The Morgan fingerprint density at radius 3 is 2.74 bits per heavy atom. The lowest BCUT2D eigenvalue weighted by atomic mass is 10.0. The van der Waals surface area contributed by atoms with Gasteiger partial charge in [-0.1, -0.05) is 29.8 Å². The van der Waals surface area contributed by atoms with Gasteiger partial charge in [-0.15, -0.1) is 24.8 Å².